The molecule has 2 rings (SSSR count). The number of para-hydroxylation sites is 1. The summed E-state index contributed by atoms with van der Waals surface area (Å²) in [6, 6.07) is 7.71. The van der Waals surface area contributed by atoms with Crippen LogP contribution in [0.2, 0.25) is 0 Å². The van der Waals surface area contributed by atoms with Crippen LogP contribution in [0.3, 0.4) is 0 Å². The van der Waals surface area contributed by atoms with Crippen molar-refractivity contribution in [1.29, 1.82) is 0 Å². The fraction of sp³-hybridized carbons (Fsp3) is 0.500. The maximum Gasteiger partial charge on any atom is 0.257 e. The Balaban J connectivity index is 0.00000180. The minimum atomic E-state index is 0. The van der Waals surface area contributed by atoms with Gasteiger partial charge in [0.15, 0.2) is 0 Å². The number of hydrogen-bond donors (Lipinski definition) is 1. The Hall–Kier alpha value is -1.26. The van der Waals surface area contributed by atoms with Crippen molar-refractivity contribution in [3.63, 3.8) is 0 Å². The van der Waals surface area contributed by atoms with E-state index in [9.17, 15) is 4.79 Å². The second kappa shape index (κ2) is 7.36. The summed E-state index contributed by atoms with van der Waals surface area (Å²) in [7, 11) is 1.86. The van der Waals surface area contributed by atoms with Gasteiger partial charge < -0.3 is 15.0 Å². The lowest BCUT2D eigenvalue weighted by Crippen LogP contribution is -2.38. The molecule has 1 saturated heterocycles. The first-order valence-electron chi connectivity index (χ1n) is 6.43. The van der Waals surface area contributed by atoms with Crippen LogP contribution in [0.4, 0.5) is 0 Å². The van der Waals surface area contributed by atoms with E-state index in [1.54, 1.807) is 0 Å². The Morgan fingerprint density at radius 2 is 2.21 bits per heavy atom. The van der Waals surface area contributed by atoms with Crippen LogP contribution in [0.25, 0.3) is 0 Å². The SMILES string of the molecule is CCOc1ccccc1C(=O)N(C)C1CCNC1.Cl. The van der Waals surface area contributed by atoms with Crippen LogP contribution in [-0.4, -0.2) is 43.6 Å². The average molecular weight is 285 g/mol. The number of likely N-dealkylation sites (N-methyl/N-ethyl adjacent to an activating group) is 1. The molecular formula is C14H21ClN2O2. The summed E-state index contributed by atoms with van der Waals surface area (Å²) in [5, 5.41) is 3.27. The number of carbonyl (C=O) groups excluding carboxylic acids is 1. The first kappa shape index (κ1) is 15.8. The van der Waals surface area contributed by atoms with Gasteiger partial charge in [-0.05, 0) is 32.0 Å². The van der Waals surface area contributed by atoms with Gasteiger partial charge in [0, 0.05) is 19.6 Å². The molecule has 0 aliphatic carbocycles. The largest absolute Gasteiger partial charge is 0.493 e. The molecule has 4 nitrogen and oxygen atoms in total. The van der Waals surface area contributed by atoms with Crippen molar-refractivity contribution < 1.29 is 9.53 Å². The highest BCUT2D eigenvalue weighted by Gasteiger charge is 2.25. The van der Waals surface area contributed by atoms with E-state index in [2.05, 4.69) is 5.32 Å². The lowest BCUT2D eigenvalue weighted by atomic mass is 10.1. The molecule has 106 valence electrons. The normalized spacial score (nSPS) is 17.7. The summed E-state index contributed by atoms with van der Waals surface area (Å²) in [5.74, 6) is 0.704. The molecule has 1 aliphatic rings. The van der Waals surface area contributed by atoms with Crippen molar-refractivity contribution in [2.24, 2.45) is 0 Å². The fourth-order valence-corrected chi connectivity index (χ4v) is 2.25. The van der Waals surface area contributed by atoms with Crippen molar-refractivity contribution in [3.05, 3.63) is 29.8 Å². The monoisotopic (exact) mass is 284 g/mol. The second-order valence-electron chi connectivity index (χ2n) is 4.49. The van der Waals surface area contributed by atoms with Crippen molar-refractivity contribution >= 4 is 18.3 Å². The van der Waals surface area contributed by atoms with E-state index in [0.29, 0.717) is 17.9 Å². The molecule has 1 fully saturated rings. The molecule has 0 spiro atoms. The molecule has 19 heavy (non-hydrogen) atoms. The molecule has 0 bridgehead atoms. The van der Waals surface area contributed by atoms with Gasteiger partial charge in [-0.25, -0.2) is 0 Å². The van der Waals surface area contributed by atoms with Crippen molar-refractivity contribution in [2.75, 3.05) is 26.7 Å². The van der Waals surface area contributed by atoms with E-state index in [-0.39, 0.29) is 24.4 Å². The highest BCUT2D eigenvalue weighted by atomic mass is 35.5. The third-order valence-electron chi connectivity index (χ3n) is 3.32. The van der Waals surface area contributed by atoms with Crippen molar-refractivity contribution in [3.8, 4) is 5.75 Å². The predicted molar refractivity (Wildman–Crippen MR) is 78.2 cm³/mol. The smallest absolute Gasteiger partial charge is 0.257 e. The van der Waals surface area contributed by atoms with E-state index in [4.69, 9.17) is 4.74 Å². The van der Waals surface area contributed by atoms with Gasteiger partial charge in [0.2, 0.25) is 0 Å². The number of rotatable bonds is 4. The van der Waals surface area contributed by atoms with Crippen molar-refractivity contribution in [2.45, 2.75) is 19.4 Å². The van der Waals surface area contributed by atoms with E-state index < -0.39 is 0 Å². The third-order valence-corrected chi connectivity index (χ3v) is 3.32. The Morgan fingerprint density at radius 1 is 1.47 bits per heavy atom. The van der Waals surface area contributed by atoms with Crippen LogP contribution in [0.1, 0.15) is 23.7 Å². The summed E-state index contributed by atoms with van der Waals surface area (Å²) in [6.45, 7) is 4.35. The highest BCUT2D eigenvalue weighted by Crippen LogP contribution is 2.21. The predicted octanol–water partition coefficient (Wildman–Crippen LogP) is 1.94. The molecule has 1 amide bonds. The standard InChI is InChI=1S/C14H20N2O2.ClH/c1-3-18-13-7-5-4-6-12(13)14(17)16(2)11-8-9-15-10-11;/h4-7,11,15H,3,8-10H2,1-2H3;1H. The Morgan fingerprint density at radius 3 is 2.84 bits per heavy atom. The summed E-state index contributed by atoms with van der Waals surface area (Å²) in [5.41, 5.74) is 0.647. The van der Waals surface area contributed by atoms with E-state index in [1.165, 1.54) is 0 Å². The number of carbonyl (C=O) groups is 1. The number of amides is 1. The van der Waals surface area contributed by atoms with Gasteiger partial charge in [-0.1, -0.05) is 12.1 Å². The summed E-state index contributed by atoms with van der Waals surface area (Å²) < 4.78 is 5.51. The minimum absolute atomic E-state index is 0. The summed E-state index contributed by atoms with van der Waals surface area (Å²) in [4.78, 5) is 14.3. The van der Waals surface area contributed by atoms with E-state index in [1.807, 2.05) is 43.1 Å². The molecule has 1 aromatic carbocycles. The molecule has 0 aromatic heterocycles. The topological polar surface area (TPSA) is 41.6 Å². The Labute approximate surface area is 120 Å². The maximum atomic E-state index is 12.4. The summed E-state index contributed by atoms with van der Waals surface area (Å²) in [6.07, 6.45) is 1.01. The Kier molecular flexibility index (Phi) is 6.12. The maximum absolute atomic E-state index is 12.4. The van der Waals surface area contributed by atoms with E-state index >= 15 is 0 Å². The molecule has 0 saturated carbocycles. The zero-order valence-electron chi connectivity index (χ0n) is 11.4. The second-order valence-corrected chi connectivity index (χ2v) is 4.49. The fourth-order valence-electron chi connectivity index (χ4n) is 2.25. The van der Waals surface area contributed by atoms with Crippen LogP contribution < -0.4 is 10.1 Å². The number of benzene rings is 1. The highest BCUT2D eigenvalue weighted by molar-refractivity contribution is 5.97. The molecule has 1 unspecified atom stereocenters. The van der Waals surface area contributed by atoms with Gasteiger partial charge in [0.05, 0.1) is 12.2 Å². The van der Waals surface area contributed by atoms with Gasteiger partial charge in [0.25, 0.3) is 5.91 Å². The van der Waals surface area contributed by atoms with E-state index in [0.717, 1.165) is 19.5 Å². The zero-order valence-corrected chi connectivity index (χ0v) is 12.2. The average Bonchev–Trinajstić information content (AvgIpc) is 2.92. The van der Waals surface area contributed by atoms with Gasteiger partial charge in [-0.15, -0.1) is 12.4 Å². The number of halogens is 1. The molecule has 1 N–H and O–H groups in total. The molecule has 1 aliphatic heterocycles. The number of ether oxygens (including phenoxy) is 1. The first-order chi connectivity index (χ1) is 8.74. The van der Waals surface area contributed by atoms with Crippen LogP contribution >= 0.6 is 12.4 Å². The zero-order chi connectivity index (χ0) is 13.0. The first-order valence-corrected chi connectivity index (χ1v) is 6.43. The minimum Gasteiger partial charge on any atom is -0.493 e. The number of nitrogens with one attached hydrogen (secondary N) is 1. The van der Waals surface area contributed by atoms with Gasteiger partial charge >= 0.3 is 0 Å². The lowest BCUT2D eigenvalue weighted by Gasteiger charge is -2.24. The Bertz CT molecular complexity index is 420. The van der Waals surface area contributed by atoms with Crippen LogP contribution in [-0.2, 0) is 0 Å². The third kappa shape index (κ3) is 3.61. The van der Waals surface area contributed by atoms with Crippen LogP contribution in [0, 0.1) is 0 Å². The molecule has 5 heteroatoms. The molecule has 0 radical (unpaired) electrons. The van der Waals surface area contributed by atoms with Crippen molar-refractivity contribution in [1.82, 2.24) is 10.2 Å². The van der Waals surface area contributed by atoms with Crippen LogP contribution in [0.15, 0.2) is 24.3 Å². The molecule has 1 aromatic rings. The van der Waals surface area contributed by atoms with Gasteiger partial charge in [-0.2, -0.15) is 0 Å². The van der Waals surface area contributed by atoms with Gasteiger partial charge in [-0.3, -0.25) is 4.79 Å². The number of hydrogen-bond acceptors (Lipinski definition) is 3. The van der Waals surface area contributed by atoms with Gasteiger partial charge in [0.1, 0.15) is 5.75 Å². The lowest BCUT2D eigenvalue weighted by molar-refractivity contribution is 0.0739. The van der Waals surface area contributed by atoms with Crippen LogP contribution in [0.5, 0.6) is 5.75 Å². The molecule has 1 atom stereocenters. The molecular weight excluding hydrogens is 264 g/mol. The summed E-state index contributed by atoms with van der Waals surface area (Å²) >= 11 is 0. The molecule has 1 heterocycles. The number of nitrogens with zero attached hydrogens (tertiary/aromatic N) is 1. The quantitative estimate of drug-likeness (QED) is 0.919.